The van der Waals surface area contributed by atoms with E-state index in [-0.39, 0.29) is 30.8 Å². The van der Waals surface area contributed by atoms with Crippen LogP contribution in [0.1, 0.15) is 53.7 Å². The van der Waals surface area contributed by atoms with E-state index in [0.29, 0.717) is 12.8 Å². The average molecular weight is 503 g/mol. The third-order valence-electron chi connectivity index (χ3n) is 7.12. The summed E-state index contributed by atoms with van der Waals surface area (Å²) in [4.78, 5) is 26.5. The van der Waals surface area contributed by atoms with E-state index in [1.807, 2.05) is 67.6 Å². The Bertz CT molecular complexity index is 1200. The van der Waals surface area contributed by atoms with Crippen molar-refractivity contribution in [3.8, 4) is 0 Å². The number of amides is 1. The zero-order chi connectivity index (χ0) is 26.4. The molecule has 1 fully saturated rings. The Hall–Kier alpha value is -3.71. The molecule has 7 nitrogen and oxygen atoms in total. The van der Waals surface area contributed by atoms with Gasteiger partial charge in [0, 0.05) is 11.3 Å². The quantitative estimate of drug-likeness (QED) is 0.265. The van der Waals surface area contributed by atoms with E-state index in [0.717, 1.165) is 27.8 Å². The van der Waals surface area contributed by atoms with Crippen LogP contribution in [-0.4, -0.2) is 35.1 Å². The lowest BCUT2D eigenvalue weighted by Crippen LogP contribution is -2.59. The molecule has 3 atom stereocenters. The van der Waals surface area contributed by atoms with E-state index in [1.54, 1.807) is 0 Å². The second-order valence-electron chi connectivity index (χ2n) is 9.90. The van der Waals surface area contributed by atoms with Gasteiger partial charge in [0.1, 0.15) is 6.61 Å². The summed E-state index contributed by atoms with van der Waals surface area (Å²) in [5.74, 6) is 0. The lowest BCUT2D eigenvalue weighted by Gasteiger charge is -2.47. The summed E-state index contributed by atoms with van der Waals surface area (Å²) in [6, 6.07) is 24.5. The molecule has 1 heterocycles. The van der Waals surface area contributed by atoms with Crippen LogP contribution in [0.3, 0.4) is 0 Å². The van der Waals surface area contributed by atoms with Crippen LogP contribution in [-0.2, 0) is 21.6 Å². The van der Waals surface area contributed by atoms with Crippen molar-refractivity contribution in [3.63, 3.8) is 0 Å². The number of nitro groups is 1. The monoisotopic (exact) mass is 502 g/mol. The lowest BCUT2D eigenvalue weighted by atomic mass is 9.79. The van der Waals surface area contributed by atoms with Gasteiger partial charge in [0.25, 0.3) is 0 Å². The van der Waals surface area contributed by atoms with Crippen molar-refractivity contribution < 1.29 is 19.2 Å². The Morgan fingerprint density at radius 2 is 1.68 bits per heavy atom. The maximum Gasteiger partial charge on any atom is 0.411 e. The SMILES string of the molecule is Cc1cc(C)cc([C@@H](C)OC[C@@]2(c3ccccc3)CCC([N+](=O)[O-])CN2C(=O)OCc2ccccc2)c1. The molecular weight excluding hydrogens is 468 g/mol. The van der Waals surface area contributed by atoms with Crippen molar-refractivity contribution in [1.82, 2.24) is 4.90 Å². The van der Waals surface area contributed by atoms with Crippen LogP contribution in [0.25, 0.3) is 0 Å². The van der Waals surface area contributed by atoms with Crippen LogP contribution < -0.4 is 0 Å². The number of hydrogen-bond donors (Lipinski definition) is 0. The molecule has 0 spiro atoms. The molecule has 0 radical (unpaired) electrons. The fourth-order valence-corrected chi connectivity index (χ4v) is 5.12. The average Bonchev–Trinajstić information content (AvgIpc) is 2.90. The van der Waals surface area contributed by atoms with Gasteiger partial charge in [-0.2, -0.15) is 0 Å². The first-order valence-corrected chi connectivity index (χ1v) is 12.7. The van der Waals surface area contributed by atoms with E-state index < -0.39 is 17.7 Å². The van der Waals surface area contributed by atoms with Crippen LogP contribution >= 0.6 is 0 Å². The summed E-state index contributed by atoms with van der Waals surface area (Å²) in [6.07, 6.45) is -0.0783. The fraction of sp³-hybridized carbons (Fsp3) is 0.367. The maximum absolute atomic E-state index is 13.6. The topological polar surface area (TPSA) is 81.9 Å². The molecule has 1 aliphatic heterocycles. The minimum Gasteiger partial charge on any atom is -0.445 e. The summed E-state index contributed by atoms with van der Waals surface area (Å²) in [6.45, 7) is 6.33. The van der Waals surface area contributed by atoms with Crippen LogP contribution in [0.5, 0.6) is 0 Å². The van der Waals surface area contributed by atoms with Crippen molar-refractivity contribution in [2.45, 2.75) is 57.9 Å². The number of ether oxygens (including phenoxy) is 2. The van der Waals surface area contributed by atoms with Crippen molar-refractivity contribution in [3.05, 3.63) is 117 Å². The number of piperidine rings is 1. The third kappa shape index (κ3) is 6.17. The number of hydrogen-bond acceptors (Lipinski definition) is 5. The number of carbonyl (C=O) groups excluding carboxylic acids is 1. The van der Waals surface area contributed by atoms with E-state index >= 15 is 0 Å². The van der Waals surface area contributed by atoms with Crippen LogP contribution in [0.2, 0.25) is 0 Å². The van der Waals surface area contributed by atoms with E-state index in [9.17, 15) is 14.9 Å². The standard InChI is InChI=1S/C30H34N2O5/c1-22-16-23(2)18-26(17-22)24(3)37-21-30(27-12-8-5-9-13-27)15-14-28(32(34)35)19-31(30)29(33)36-20-25-10-6-4-7-11-25/h4-13,16-18,24,28H,14-15,19-21H2,1-3H3/t24-,28?,30-/m1/s1. The number of benzene rings is 3. The molecule has 0 N–H and O–H groups in total. The van der Waals surface area contributed by atoms with Crippen LogP contribution in [0.15, 0.2) is 78.9 Å². The Balaban J connectivity index is 1.65. The molecular formula is C30H34N2O5. The maximum atomic E-state index is 13.6. The molecule has 1 unspecified atom stereocenters. The van der Waals surface area contributed by atoms with Gasteiger partial charge in [-0.15, -0.1) is 0 Å². The molecule has 7 heteroatoms. The third-order valence-corrected chi connectivity index (χ3v) is 7.12. The summed E-state index contributed by atoms with van der Waals surface area (Å²) < 4.78 is 12.2. The summed E-state index contributed by atoms with van der Waals surface area (Å²) in [5, 5.41) is 11.8. The Morgan fingerprint density at radius 1 is 1.05 bits per heavy atom. The summed E-state index contributed by atoms with van der Waals surface area (Å²) in [7, 11) is 0. The van der Waals surface area contributed by atoms with Gasteiger partial charge in [-0.05, 0) is 43.9 Å². The molecule has 0 saturated carbocycles. The second-order valence-corrected chi connectivity index (χ2v) is 9.90. The van der Waals surface area contributed by atoms with Gasteiger partial charge in [0.2, 0.25) is 6.04 Å². The first-order chi connectivity index (χ1) is 17.8. The lowest BCUT2D eigenvalue weighted by molar-refractivity contribution is -0.528. The van der Waals surface area contributed by atoms with Gasteiger partial charge in [-0.25, -0.2) is 4.79 Å². The van der Waals surface area contributed by atoms with Crippen molar-refractivity contribution in [2.75, 3.05) is 13.2 Å². The number of rotatable bonds is 8. The van der Waals surface area contributed by atoms with E-state index in [1.165, 1.54) is 4.90 Å². The first-order valence-electron chi connectivity index (χ1n) is 12.7. The highest BCUT2D eigenvalue weighted by molar-refractivity contribution is 5.69. The largest absolute Gasteiger partial charge is 0.445 e. The molecule has 37 heavy (non-hydrogen) atoms. The highest BCUT2D eigenvalue weighted by atomic mass is 16.6. The first kappa shape index (κ1) is 26.4. The molecule has 0 aliphatic carbocycles. The zero-order valence-corrected chi connectivity index (χ0v) is 21.6. The van der Waals surface area contributed by atoms with Crippen LogP contribution in [0.4, 0.5) is 4.79 Å². The Morgan fingerprint density at radius 3 is 2.30 bits per heavy atom. The van der Waals surface area contributed by atoms with E-state index in [4.69, 9.17) is 9.47 Å². The summed E-state index contributed by atoms with van der Waals surface area (Å²) in [5.41, 5.74) is 4.19. The van der Waals surface area contributed by atoms with Crippen molar-refractivity contribution >= 4 is 6.09 Å². The van der Waals surface area contributed by atoms with Crippen LogP contribution in [0, 0.1) is 24.0 Å². The van der Waals surface area contributed by atoms with Crippen molar-refractivity contribution in [1.29, 1.82) is 0 Å². The van der Waals surface area contributed by atoms with Crippen molar-refractivity contribution in [2.24, 2.45) is 0 Å². The highest BCUT2D eigenvalue weighted by Crippen LogP contribution is 2.40. The predicted octanol–water partition coefficient (Wildman–Crippen LogP) is 6.35. The minimum atomic E-state index is -0.894. The number of carbonyl (C=O) groups is 1. The van der Waals surface area contributed by atoms with E-state index in [2.05, 4.69) is 32.0 Å². The highest BCUT2D eigenvalue weighted by Gasteiger charge is 2.50. The van der Waals surface area contributed by atoms with Gasteiger partial charge in [0.05, 0.1) is 24.8 Å². The van der Waals surface area contributed by atoms with Gasteiger partial charge in [0.15, 0.2) is 0 Å². The number of likely N-dealkylation sites (tertiary alicyclic amines) is 1. The molecule has 1 aliphatic rings. The smallest absolute Gasteiger partial charge is 0.411 e. The molecule has 194 valence electrons. The fourth-order valence-electron chi connectivity index (χ4n) is 5.12. The number of aryl methyl sites for hydroxylation is 2. The Kier molecular flexibility index (Phi) is 8.24. The van der Waals surface area contributed by atoms with Gasteiger partial charge < -0.3 is 9.47 Å². The molecule has 0 bridgehead atoms. The molecule has 3 aromatic carbocycles. The van der Waals surface area contributed by atoms with Gasteiger partial charge >= 0.3 is 6.09 Å². The molecule has 3 aromatic rings. The zero-order valence-electron chi connectivity index (χ0n) is 21.6. The van der Waals surface area contributed by atoms with Gasteiger partial charge in [-0.3, -0.25) is 15.0 Å². The predicted molar refractivity (Wildman–Crippen MR) is 142 cm³/mol. The minimum absolute atomic E-state index is 0.0448. The molecule has 4 rings (SSSR count). The Labute approximate surface area is 218 Å². The second kappa shape index (κ2) is 11.6. The van der Waals surface area contributed by atoms with Gasteiger partial charge in [-0.1, -0.05) is 90.0 Å². The number of nitrogens with zero attached hydrogens (tertiary/aromatic N) is 2. The summed E-state index contributed by atoms with van der Waals surface area (Å²) >= 11 is 0. The normalized spacial score (nSPS) is 20.3. The molecule has 1 amide bonds. The molecule has 0 aromatic heterocycles. The molecule has 1 saturated heterocycles.